The number of methoxy groups -OCH3 is 1. The Morgan fingerprint density at radius 2 is 1.61 bits per heavy atom. The standard InChI is InChI=1S/C19H23FN2O/c1-23-18-9-5-16(6-10-18)19(15-3-7-17(20)8-4-15)22-13-2-11-21-12-14-22/h3-10,19,21H,2,11-14H2,1H3/t19-/m0/s1. The van der Waals surface area contributed by atoms with Gasteiger partial charge in [-0.25, -0.2) is 4.39 Å². The Morgan fingerprint density at radius 1 is 0.957 bits per heavy atom. The Balaban J connectivity index is 1.95. The molecule has 122 valence electrons. The molecule has 0 bridgehead atoms. The van der Waals surface area contributed by atoms with E-state index < -0.39 is 0 Å². The summed E-state index contributed by atoms with van der Waals surface area (Å²) in [6, 6.07) is 15.2. The van der Waals surface area contributed by atoms with Crippen LogP contribution in [0, 0.1) is 5.82 Å². The monoisotopic (exact) mass is 314 g/mol. The van der Waals surface area contributed by atoms with E-state index >= 15 is 0 Å². The molecule has 0 aromatic heterocycles. The van der Waals surface area contributed by atoms with Crippen molar-refractivity contribution in [2.24, 2.45) is 0 Å². The topological polar surface area (TPSA) is 24.5 Å². The highest BCUT2D eigenvalue weighted by Crippen LogP contribution is 2.30. The summed E-state index contributed by atoms with van der Waals surface area (Å²) in [4.78, 5) is 2.47. The average molecular weight is 314 g/mol. The Labute approximate surface area is 137 Å². The van der Waals surface area contributed by atoms with E-state index in [0.717, 1.165) is 43.9 Å². The summed E-state index contributed by atoms with van der Waals surface area (Å²) in [5.41, 5.74) is 2.33. The molecule has 1 heterocycles. The van der Waals surface area contributed by atoms with Crippen LogP contribution in [-0.2, 0) is 0 Å². The predicted octanol–water partition coefficient (Wildman–Crippen LogP) is 3.22. The lowest BCUT2D eigenvalue weighted by atomic mass is 9.96. The van der Waals surface area contributed by atoms with Crippen molar-refractivity contribution in [2.75, 3.05) is 33.3 Å². The summed E-state index contributed by atoms with van der Waals surface area (Å²) in [6.45, 7) is 4.04. The first-order valence-electron chi connectivity index (χ1n) is 8.12. The molecule has 0 saturated carbocycles. The molecule has 1 atom stereocenters. The van der Waals surface area contributed by atoms with Gasteiger partial charge >= 0.3 is 0 Å². The maximum atomic E-state index is 13.3. The summed E-state index contributed by atoms with van der Waals surface area (Å²) in [5.74, 6) is 0.656. The van der Waals surface area contributed by atoms with Gasteiger partial charge in [0.05, 0.1) is 13.2 Å². The molecule has 2 aromatic carbocycles. The van der Waals surface area contributed by atoms with Crippen molar-refractivity contribution >= 4 is 0 Å². The number of ether oxygens (including phenoxy) is 1. The van der Waals surface area contributed by atoms with Crippen molar-refractivity contribution in [2.45, 2.75) is 12.5 Å². The number of halogens is 1. The van der Waals surface area contributed by atoms with E-state index in [0.29, 0.717) is 0 Å². The normalized spacial score (nSPS) is 17.5. The molecule has 3 nitrogen and oxygen atoms in total. The van der Waals surface area contributed by atoms with Gasteiger partial charge < -0.3 is 10.1 Å². The summed E-state index contributed by atoms with van der Waals surface area (Å²) in [7, 11) is 1.67. The molecule has 1 aliphatic rings. The zero-order chi connectivity index (χ0) is 16.1. The average Bonchev–Trinajstić information content (AvgIpc) is 2.87. The van der Waals surface area contributed by atoms with Crippen molar-refractivity contribution in [1.82, 2.24) is 10.2 Å². The molecular weight excluding hydrogens is 291 g/mol. The maximum Gasteiger partial charge on any atom is 0.123 e. The third-order valence-corrected chi connectivity index (χ3v) is 4.36. The van der Waals surface area contributed by atoms with Crippen LogP contribution in [0.2, 0.25) is 0 Å². The third kappa shape index (κ3) is 3.89. The van der Waals surface area contributed by atoms with Crippen LogP contribution in [-0.4, -0.2) is 38.2 Å². The van der Waals surface area contributed by atoms with E-state index in [-0.39, 0.29) is 11.9 Å². The molecule has 1 aliphatic heterocycles. The number of rotatable bonds is 4. The fourth-order valence-corrected chi connectivity index (χ4v) is 3.17. The van der Waals surface area contributed by atoms with E-state index in [1.165, 1.54) is 5.56 Å². The molecule has 4 heteroatoms. The minimum atomic E-state index is -0.195. The second-order valence-corrected chi connectivity index (χ2v) is 5.87. The van der Waals surface area contributed by atoms with Gasteiger partial charge in [-0.2, -0.15) is 0 Å². The fraction of sp³-hybridized carbons (Fsp3) is 0.368. The lowest BCUT2D eigenvalue weighted by Crippen LogP contribution is -2.33. The van der Waals surface area contributed by atoms with Crippen molar-refractivity contribution in [1.29, 1.82) is 0 Å². The molecule has 0 amide bonds. The summed E-state index contributed by atoms with van der Waals surface area (Å²) in [5, 5.41) is 3.44. The first-order chi connectivity index (χ1) is 11.3. The molecule has 1 fully saturated rings. The molecule has 1 N–H and O–H groups in total. The molecule has 2 aromatic rings. The summed E-state index contributed by atoms with van der Waals surface area (Å²) >= 11 is 0. The lowest BCUT2D eigenvalue weighted by molar-refractivity contribution is 0.241. The highest BCUT2D eigenvalue weighted by atomic mass is 19.1. The van der Waals surface area contributed by atoms with Crippen LogP contribution in [0.4, 0.5) is 4.39 Å². The number of benzene rings is 2. The second-order valence-electron chi connectivity index (χ2n) is 5.87. The minimum Gasteiger partial charge on any atom is -0.497 e. The van der Waals surface area contributed by atoms with Gasteiger partial charge in [0.2, 0.25) is 0 Å². The molecule has 0 spiro atoms. The molecule has 23 heavy (non-hydrogen) atoms. The number of nitrogens with one attached hydrogen (secondary N) is 1. The quantitative estimate of drug-likeness (QED) is 0.938. The second kappa shape index (κ2) is 7.57. The Bertz CT molecular complexity index is 604. The van der Waals surface area contributed by atoms with Crippen LogP contribution in [0.5, 0.6) is 5.75 Å². The molecule has 1 saturated heterocycles. The fourth-order valence-electron chi connectivity index (χ4n) is 3.17. The van der Waals surface area contributed by atoms with E-state index in [1.54, 1.807) is 19.2 Å². The summed E-state index contributed by atoms with van der Waals surface area (Å²) < 4.78 is 18.6. The third-order valence-electron chi connectivity index (χ3n) is 4.36. The Kier molecular flexibility index (Phi) is 5.26. The van der Waals surface area contributed by atoms with Crippen LogP contribution in [0.1, 0.15) is 23.6 Å². The van der Waals surface area contributed by atoms with E-state index in [1.807, 2.05) is 24.3 Å². The van der Waals surface area contributed by atoms with Crippen LogP contribution in [0.25, 0.3) is 0 Å². The molecule has 3 rings (SSSR count). The number of hydrogen-bond donors (Lipinski definition) is 1. The van der Waals surface area contributed by atoms with E-state index in [9.17, 15) is 4.39 Å². The zero-order valence-corrected chi connectivity index (χ0v) is 13.5. The lowest BCUT2D eigenvalue weighted by Gasteiger charge is -2.31. The molecule has 0 unspecified atom stereocenters. The molecule has 0 radical (unpaired) electrons. The molecular formula is C19H23FN2O. The molecule has 0 aliphatic carbocycles. The number of nitrogens with zero attached hydrogens (tertiary/aromatic N) is 1. The Hall–Kier alpha value is -1.91. The van der Waals surface area contributed by atoms with Crippen LogP contribution < -0.4 is 10.1 Å². The van der Waals surface area contributed by atoms with Gasteiger partial charge in [0.15, 0.2) is 0 Å². The van der Waals surface area contributed by atoms with Crippen molar-refractivity contribution in [3.05, 3.63) is 65.5 Å². The Morgan fingerprint density at radius 3 is 2.26 bits per heavy atom. The van der Waals surface area contributed by atoms with Crippen molar-refractivity contribution in [3.63, 3.8) is 0 Å². The van der Waals surface area contributed by atoms with Gasteiger partial charge in [-0.05, 0) is 48.4 Å². The largest absolute Gasteiger partial charge is 0.497 e. The van der Waals surface area contributed by atoms with Crippen LogP contribution in [0.15, 0.2) is 48.5 Å². The van der Waals surface area contributed by atoms with Gasteiger partial charge in [-0.1, -0.05) is 24.3 Å². The van der Waals surface area contributed by atoms with E-state index in [4.69, 9.17) is 4.74 Å². The highest BCUT2D eigenvalue weighted by molar-refractivity contribution is 5.35. The van der Waals surface area contributed by atoms with Crippen molar-refractivity contribution < 1.29 is 9.13 Å². The van der Waals surface area contributed by atoms with Gasteiger partial charge in [0.25, 0.3) is 0 Å². The van der Waals surface area contributed by atoms with Crippen LogP contribution in [0.3, 0.4) is 0 Å². The zero-order valence-electron chi connectivity index (χ0n) is 13.5. The highest BCUT2D eigenvalue weighted by Gasteiger charge is 2.23. The van der Waals surface area contributed by atoms with Gasteiger partial charge in [0, 0.05) is 19.6 Å². The van der Waals surface area contributed by atoms with Gasteiger partial charge in [-0.3, -0.25) is 4.90 Å². The first kappa shape index (κ1) is 16.0. The first-order valence-corrected chi connectivity index (χ1v) is 8.12. The van der Waals surface area contributed by atoms with Gasteiger partial charge in [0.1, 0.15) is 11.6 Å². The van der Waals surface area contributed by atoms with Crippen molar-refractivity contribution in [3.8, 4) is 5.75 Å². The SMILES string of the molecule is COc1ccc([C@H](c2ccc(F)cc2)N2CCCNCC2)cc1. The smallest absolute Gasteiger partial charge is 0.123 e. The van der Waals surface area contributed by atoms with Gasteiger partial charge in [-0.15, -0.1) is 0 Å². The van der Waals surface area contributed by atoms with E-state index in [2.05, 4.69) is 22.3 Å². The summed E-state index contributed by atoms with van der Waals surface area (Å²) in [6.07, 6.45) is 1.12. The number of hydrogen-bond acceptors (Lipinski definition) is 3. The maximum absolute atomic E-state index is 13.3. The van der Waals surface area contributed by atoms with Crippen LogP contribution >= 0.6 is 0 Å². The predicted molar refractivity (Wildman–Crippen MR) is 90.3 cm³/mol. The minimum absolute atomic E-state index is 0.140.